The second-order valence-corrected chi connectivity index (χ2v) is 7.74. The maximum atomic E-state index is 13.0. The van der Waals surface area contributed by atoms with Gasteiger partial charge in [0.2, 0.25) is 0 Å². The van der Waals surface area contributed by atoms with Gasteiger partial charge in [-0.2, -0.15) is 5.26 Å². The fourth-order valence-electron chi connectivity index (χ4n) is 2.40. The standard InChI is InChI=1S/C17H23N3O2S2/c1-4-22-10-7-9-20-16(21)14-12(2)13(3)24-15(14)19-17(20)23-11-6-5-8-18/h4-7,9-11H2,1-3H3. The summed E-state index contributed by atoms with van der Waals surface area (Å²) in [7, 11) is 0. The molecule has 2 heterocycles. The van der Waals surface area contributed by atoms with Gasteiger partial charge in [-0.3, -0.25) is 9.36 Å². The quantitative estimate of drug-likeness (QED) is 0.383. The topological polar surface area (TPSA) is 67.9 Å². The third-order valence-corrected chi connectivity index (χ3v) is 5.96. The van der Waals surface area contributed by atoms with Crippen LogP contribution in [0.15, 0.2) is 9.95 Å². The summed E-state index contributed by atoms with van der Waals surface area (Å²) in [5, 5.41) is 10.2. The van der Waals surface area contributed by atoms with E-state index in [1.54, 1.807) is 27.7 Å². The molecule has 0 aliphatic heterocycles. The van der Waals surface area contributed by atoms with Gasteiger partial charge in [0.15, 0.2) is 5.16 Å². The molecule has 2 aromatic rings. The molecular formula is C17H23N3O2S2. The highest BCUT2D eigenvalue weighted by Crippen LogP contribution is 2.28. The number of fused-ring (bicyclic) bond motifs is 1. The van der Waals surface area contributed by atoms with E-state index >= 15 is 0 Å². The van der Waals surface area contributed by atoms with Gasteiger partial charge in [0.25, 0.3) is 5.56 Å². The first-order valence-electron chi connectivity index (χ1n) is 8.18. The Morgan fingerprint density at radius 2 is 2.17 bits per heavy atom. The van der Waals surface area contributed by atoms with Crippen LogP contribution < -0.4 is 5.56 Å². The summed E-state index contributed by atoms with van der Waals surface area (Å²) in [6.45, 7) is 7.91. The molecule has 5 nitrogen and oxygen atoms in total. The Balaban J connectivity index is 2.33. The van der Waals surface area contributed by atoms with E-state index in [1.165, 1.54) is 0 Å². The van der Waals surface area contributed by atoms with Crippen LogP contribution in [-0.4, -0.2) is 28.5 Å². The van der Waals surface area contributed by atoms with Gasteiger partial charge in [-0.1, -0.05) is 11.8 Å². The van der Waals surface area contributed by atoms with Crippen molar-refractivity contribution in [2.75, 3.05) is 19.0 Å². The molecule has 0 radical (unpaired) electrons. The Labute approximate surface area is 150 Å². The van der Waals surface area contributed by atoms with Crippen molar-refractivity contribution in [3.63, 3.8) is 0 Å². The molecule has 24 heavy (non-hydrogen) atoms. The number of aryl methyl sites for hydroxylation is 2. The Hall–Kier alpha value is -1.36. The zero-order chi connectivity index (χ0) is 17.5. The minimum atomic E-state index is 0.0427. The Morgan fingerprint density at radius 3 is 2.88 bits per heavy atom. The van der Waals surface area contributed by atoms with E-state index in [0.717, 1.165) is 44.4 Å². The van der Waals surface area contributed by atoms with Crippen molar-refractivity contribution in [2.24, 2.45) is 0 Å². The van der Waals surface area contributed by atoms with Gasteiger partial charge >= 0.3 is 0 Å². The smallest absolute Gasteiger partial charge is 0.263 e. The number of thioether (sulfide) groups is 1. The van der Waals surface area contributed by atoms with Crippen molar-refractivity contribution in [3.8, 4) is 6.07 Å². The number of hydrogen-bond acceptors (Lipinski definition) is 6. The maximum Gasteiger partial charge on any atom is 0.263 e. The number of hydrogen-bond donors (Lipinski definition) is 0. The second kappa shape index (κ2) is 9.21. The van der Waals surface area contributed by atoms with E-state index in [-0.39, 0.29) is 5.56 Å². The lowest BCUT2D eigenvalue weighted by atomic mass is 10.2. The average molecular weight is 366 g/mol. The Morgan fingerprint density at radius 1 is 1.38 bits per heavy atom. The van der Waals surface area contributed by atoms with E-state index in [4.69, 9.17) is 15.0 Å². The molecule has 7 heteroatoms. The fourth-order valence-corrected chi connectivity index (χ4v) is 4.43. The van der Waals surface area contributed by atoms with E-state index in [0.29, 0.717) is 26.2 Å². The van der Waals surface area contributed by atoms with Gasteiger partial charge in [0, 0.05) is 36.8 Å². The molecule has 0 unspecified atom stereocenters. The number of nitrogens with zero attached hydrogens (tertiary/aromatic N) is 3. The highest BCUT2D eigenvalue weighted by Gasteiger charge is 2.16. The van der Waals surface area contributed by atoms with Crippen LogP contribution in [0.25, 0.3) is 10.2 Å². The number of aromatic nitrogens is 2. The van der Waals surface area contributed by atoms with Crippen LogP contribution >= 0.6 is 23.1 Å². The summed E-state index contributed by atoms with van der Waals surface area (Å²) in [5.41, 5.74) is 1.08. The zero-order valence-corrected chi connectivity index (χ0v) is 16.1. The zero-order valence-electron chi connectivity index (χ0n) is 14.4. The molecule has 0 atom stereocenters. The molecule has 0 aliphatic carbocycles. The summed E-state index contributed by atoms with van der Waals surface area (Å²) in [6, 6.07) is 2.15. The van der Waals surface area contributed by atoms with Crippen LogP contribution in [0.2, 0.25) is 0 Å². The van der Waals surface area contributed by atoms with Crippen LogP contribution in [-0.2, 0) is 11.3 Å². The minimum absolute atomic E-state index is 0.0427. The maximum absolute atomic E-state index is 13.0. The Kier molecular flexibility index (Phi) is 7.28. The van der Waals surface area contributed by atoms with Crippen molar-refractivity contribution in [2.45, 2.75) is 51.7 Å². The van der Waals surface area contributed by atoms with Gasteiger partial charge < -0.3 is 4.74 Å². The molecule has 0 spiro atoms. The molecule has 0 aliphatic rings. The van der Waals surface area contributed by atoms with Crippen LogP contribution in [0.4, 0.5) is 0 Å². The first-order valence-corrected chi connectivity index (χ1v) is 9.98. The molecule has 0 saturated carbocycles. The summed E-state index contributed by atoms with van der Waals surface area (Å²) >= 11 is 3.14. The van der Waals surface area contributed by atoms with E-state index in [2.05, 4.69) is 6.07 Å². The third kappa shape index (κ3) is 4.38. The van der Waals surface area contributed by atoms with E-state index < -0.39 is 0 Å². The summed E-state index contributed by atoms with van der Waals surface area (Å²) in [4.78, 5) is 19.7. The first-order chi connectivity index (χ1) is 11.6. The van der Waals surface area contributed by atoms with Gasteiger partial charge in [-0.15, -0.1) is 11.3 Å². The van der Waals surface area contributed by atoms with Crippen LogP contribution in [0.5, 0.6) is 0 Å². The second-order valence-electron chi connectivity index (χ2n) is 5.48. The van der Waals surface area contributed by atoms with Gasteiger partial charge in [-0.25, -0.2) is 4.98 Å². The van der Waals surface area contributed by atoms with Crippen molar-refractivity contribution < 1.29 is 4.74 Å². The highest BCUT2D eigenvalue weighted by atomic mass is 32.2. The lowest BCUT2D eigenvalue weighted by Crippen LogP contribution is -2.24. The summed E-state index contributed by atoms with van der Waals surface area (Å²) < 4.78 is 7.16. The molecule has 0 fully saturated rings. The lowest BCUT2D eigenvalue weighted by Gasteiger charge is -2.12. The van der Waals surface area contributed by atoms with E-state index in [1.807, 2.05) is 20.8 Å². The average Bonchev–Trinajstić information content (AvgIpc) is 2.85. The predicted octanol–water partition coefficient (Wildman–Crippen LogP) is 3.90. The normalized spacial score (nSPS) is 11.1. The lowest BCUT2D eigenvalue weighted by molar-refractivity contribution is 0.140. The monoisotopic (exact) mass is 365 g/mol. The van der Waals surface area contributed by atoms with E-state index in [9.17, 15) is 4.79 Å². The number of ether oxygens (including phenoxy) is 1. The van der Waals surface area contributed by atoms with Gasteiger partial charge in [-0.05, 0) is 39.2 Å². The minimum Gasteiger partial charge on any atom is -0.382 e. The van der Waals surface area contributed by atoms with Crippen molar-refractivity contribution in [3.05, 3.63) is 20.8 Å². The Bertz CT molecular complexity index is 790. The molecule has 0 N–H and O–H groups in total. The molecule has 0 saturated heterocycles. The fraction of sp³-hybridized carbons (Fsp3) is 0.588. The van der Waals surface area contributed by atoms with Crippen LogP contribution in [0, 0.1) is 25.2 Å². The molecule has 2 rings (SSSR count). The molecule has 130 valence electrons. The first kappa shape index (κ1) is 19.0. The number of unbranched alkanes of at least 4 members (excludes halogenated alkanes) is 1. The molecule has 0 bridgehead atoms. The van der Waals surface area contributed by atoms with Gasteiger partial charge in [0.05, 0.1) is 11.5 Å². The largest absolute Gasteiger partial charge is 0.382 e. The summed E-state index contributed by atoms with van der Waals surface area (Å²) in [5.74, 6) is 0.792. The predicted molar refractivity (Wildman–Crippen MR) is 100 cm³/mol. The molecule has 2 aromatic heterocycles. The van der Waals surface area contributed by atoms with Crippen molar-refractivity contribution >= 4 is 33.3 Å². The molecular weight excluding hydrogens is 342 g/mol. The van der Waals surface area contributed by atoms with Crippen LogP contribution in [0.1, 0.15) is 36.6 Å². The highest BCUT2D eigenvalue weighted by molar-refractivity contribution is 7.99. The van der Waals surface area contributed by atoms with Crippen molar-refractivity contribution in [1.29, 1.82) is 5.26 Å². The van der Waals surface area contributed by atoms with Gasteiger partial charge in [0.1, 0.15) is 4.83 Å². The number of thiophene rings is 1. The number of rotatable bonds is 9. The molecule has 0 aromatic carbocycles. The summed E-state index contributed by atoms with van der Waals surface area (Å²) in [6.07, 6.45) is 2.12. The van der Waals surface area contributed by atoms with Crippen molar-refractivity contribution in [1.82, 2.24) is 9.55 Å². The third-order valence-electron chi connectivity index (χ3n) is 3.79. The molecule has 0 amide bonds. The SMILES string of the molecule is CCOCCCn1c(SCCCC#N)nc2sc(C)c(C)c2c1=O. The number of nitriles is 1. The van der Waals surface area contributed by atoms with Crippen LogP contribution in [0.3, 0.4) is 0 Å².